The Morgan fingerprint density at radius 3 is 2.63 bits per heavy atom. The van der Waals surface area contributed by atoms with Gasteiger partial charge in [0, 0.05) is 28.8 Å². The lowest BCUT2D eigenvalue weighted by Gasteiger charge is -2.21. The van der Waals surface area contributed by atoms with Crippen LogP contribution < -0.4 is 5.73 Å². The molecule has 0 saturated carbocycles. The summed E-state index contributed by atoms with van der Waals surface area (Å²) in [6.45, 7) is 4.85. The van der Waals surface area contributed by atoms with Gasteiger partial charge in [-0.05, 0) is 53.1 Å². The quantitative estimate of drug-likeness (QED) is 0.778. The van der Waals surface area contributed by atoms with E-state index in [0.717, 1.165) is 9.99 Å². The number of carbonyl (C=O) groups excluding carboxylic acids is 1. The molecule has 0 aliphatic carbocycles. The fourth-order valence-corrected chi connectivity index (χ4v) is 2.26. The average Bonchev–Trinajstić information content (AvgIpc) is 2.37. The van der Waals surface area contributed by atoms with Crippen molar-refractivity contribution in [3.05, 3.63) is 32.4 Å². The lowest BCUT2D eigenvalue weighted by atomic mass is 10.0. The highest BCUT2D eigenvalue weighted by Gasteiger charge is 2.15. The maximum atomic E-state index is 12.2. The molecule has 0 aliphatic heterocycles. The minimum atomic E-state index is 0.00513. The molecule has 0 saturated heterocycles. The first-order chi connectivity index (χ1) is 8.82. The molecule has 1 atom stereocenters. The zero-order valence-corrected chi connectivity index (χ0v) is 14.4. The summed E-state index contributed by atoms with van der Waals surface area (Å²) in [5, 5.41) is 0.668. The third kappa shape index (κ3) is 4.93. The molecule has 0 bridgehead atoms. The van der Waals surface area contributed by atoms with Crippen LogP contribution in [-0.4, -0.2) is 30.4 Å². The molecule has 19 heavy (non-hydrogen) atoms. The van der Waals surface area contributed by atoms with Gasteiger partial charge in [-0.15, -0.1) is 0 Å². The van der Waals surface area contributed by atoms with Gasteiger partial charge >= 0.3 is 0 Å². The highest BCUT2D eigenvalue weighted by molar-refractivity contribution is 14.1. The van der Waals surface area contributed by atoms with Crippen molar-refractivity contribution in [1.82, 2.24) is 4.90 Å². The fourth-order valence-electron chi connectivity index (χ4n) is 1.63. The highest BCUT2D eigenvalue weighted by Crippen LogP contribution is 2.20. The Morgan fingerprint density at radius 2 is 2.11 bits per heavy atom. The Morgan fingerprint density at radius 1 is 1.47 bits per heavy atom. The van der Waals surface area contributed by atoms with Gasteiger partial charge in [-0.3, -0.25) is 4.79 Å². The molecule has 1 unspecified atom stereocenters. The van der Waals surface area contributed by atoms with Gasteiger partial charge in [0.2, 0.25) is 0 Å². The molecule has 3 nitrogen and oxygen atoms in total. The van der Waals surface area contributed by atoms with E-state index >= 15 is 0 Å². The minimum absolute atomic E-state index is 0.00513. The third-order valence-electron chi connectivity index (χ3n) is 3.17. The second kappa shape index (κ2) is 7.45. The van der Waals surface area contributed by atoms with Crippen LogP contribution in [0.1, 0.15) is 30.6 Å². The maximum absolute atomic E-state index is 12.2. The molecular weight excluding hydrogens is 375 g/mol. The second-order valence-corrected chi connectivity index (χ2v) is 6.62. The first-order valence-electron chi connectivity index (χ1n) is 6.29. The normalized spacial score (nSPS) is 12.6. The van der Waals surface area contributed by atoms with E-state index in [1.807, 2.05) is 6.07 Å². The topological polar surface area (TPSA) is 46.3 Å². The molecule has 0 heterocycles. The number of carbonyl (C=O) groups is 1. The van der Waals surface area contributed by atoms with Gasteiger partial charge in [0.1, 0.15) is 0 Å². The number of amides is 1. The molecule has 5 heteroatoms. The van der Waals surface area contributed by atoms with Crippen LogP contribution in [0.25, 0.3) is 0 Å². The van der Waals surface area contributed by atoms with Gasteiger partial charge in [-0.25, -0.2) is 0 Å². The zero-order chi connectivity index (χ0) is 14.6. The van der Waals surface area contributed by atoms with Crippen LogP contribution >= 0.6 is 34.2 Å². The highest BCUT2D eigenvalue weighted by atomic mass is 127. The molecule has 0 aliphatic rings. The number of halogens is 2. The van der Waals surface area contributed by atoms with Crippen LogP contribution in [0.15, 0.2) is 18.2 Å². The minimum Gasteiger partial charge on any atom is -0.342 e. The predicted molar refractivity (Wildman–Crippen MR) is 88.6 cm³/mol. The van der Waals surface area contributed by atoms with E-state index in [9.17, 15) is 4.79 Å². The summed E-state index contributed by atoms with van der Waals surface area (Å²) in [5.74, 6) is 0.436. The smallest absolute Gasteiger partial charge is 0.253 e. The lowest BCUT2D eigenvalue weighted by Crippen LogP contribution is -2.34. The van der Waals surface area contributed by atoms with Crippen molar-refractivity contribution in [3.63, 3.8) is 0 Å². The zero-order valence-electron chi connectivity index (χ0n) is 11.5. The van der Waals surface area contributed by atoms with Gasteiger partial charge < -0.3 is 10.6 Å². The number of nitrogens with two attached hydrogens (primary N) is 1. The van der Waals surface area contributed by atoms with Gasteiger partial charge in [-0.1, -0.05) is 25.4 Å². The van der Waals surface area contributed by atoms with Crippen LogP contribution in [0.5, 0.6) is 0 Å². The van der Waals surface area contributed by atoms with Gasteiger partial charge in [-0.2, -0.15) is 0 Å². The first-order valence-corrected chi connectivity index (χ1v) is 7.74. The van der Waals surface area contributed by atoms with Crippen LogP contribution in [0.2, 0.25) is 5.02 Å². The van der Waals surface area contributed by atoms with E-state index < -0.39 is 0 Å². The Bertz CT molecular complexity index is 451. The van der Waals surface area contributed by atoms with E-state index in [2.05, 4.69) is 36.4 Å². The van der Waals surface area contributed by atoms with Gasteiger partial charge in [0.25, 0.3) is 5.91 Å². The van der Waals surface area contributed by atoms with Gasteiger partial charge in [0.05, 0.1) is 5.02 Å². The lowest BCUT2D eigenvalue weighted by molar-refractivity contribution is 0.0789. The van der Waals surface area contributed by atoms with Crippen molar-refractivity contribution >= 4 is 40.1 Å². The molecule has 1 aromatic carbocycles. The standard InChI is InChI=1S/C14H20ClIN2O/c1-9(2)13(17)6-7-18(3)14(19)10-4-5-11(15)12(16)8-10/h4-5,8-9,13H,6-7,17H2,1-3H3. The second-order valence-electron chi connectivity index (χ2n) is 5.05. The summed E-state index contributed by atoms with van der Waals surface area (Å²) >= 11 is 8.08. The maximum Gasteiger partial charge on any atom is 0.253 e. The van der Waals surface area contributed by atoms with E-state index in [4.69, 9.17) is 17.3 Å². The summed E-state index contributed by atoms with van der Waals surface area (Å²) in [4.78, 5) is 13.9. The number of rotatable bonds is 5. The summed E-state index contributed by atoms with van der Waals surface area (Å²) < 4.78 is 0.886. The van der Waals surface area contributed by atoms with Crippen LogP contribution in [0.4, 0.5) is 0 Å². The molecule has 1 amide bonds. The molecule has 106 valence electrons. The monoisotopic (exact) mass is 394 g/mol. The predicted octanol–water partition coefficient (Wildman–Crippen LogP) is 3.39. The largest absolute Gasteiger partial charge is 0.342 e. The summed E-state index contributed by atoms with van der Waals surface area (Å²) in [7, 11) is 1.80. The summed E-state index contributed by atoms with van der Waals surface area (Å²) in [6.07, 6.45) is 0.810. The molecular formula is C14H20ClIN2O. The first kappa shape index (κ1) is 16.7. The van der Waals surface area contributed by atoms with Crippen LogP contribution in [-0.2, 0) is 0 Å². The number of nitrogens with zero attached hydrogens (tertiary/aromatic N) is 1. The van der Waals surface area contributed by atoms with E-state index in [1.165, 1.54) is 0 Å². The molecule has 1 rings (SSSR count). The molecule has 2 N–H and O–H groups in total. The number of hydrogen-bond acceptors (Lipinski definition) is 2. The third-order valence-corrected chi connectivity index (χ3v) is 4.71. The Hall–Kier alpha value is -0.330. The fraction of sp³-hybridized carbons (Fsp3) is 0.500. The Balaban J connectivity index is 2.64. The SMILES string of the molecule is CC(C)C(N)CCN(C)C(=O)c1ccc(Cl)c(I)c1. The molecule has 0 radical (unpaired) electrons. The molecule has 0 aromatic heterocycles. The van der Waals surface area contributed by atoms with Crippen LogP contribution in [0.3, 0.4) is 0 Å². The van der Waals surface area contributed by atoms with Gasteiger partial charge in [0.15, 0.2) is 0 Å². The average molecular weight is 395 g/mol. The number of hydrogen-bond donors (Lipinski definition) is 1. The van der Waals surface area contributed by atoms with E-state index in [-0.39, 0.29) is 11.9 Å². The Kier molecular flexibility index (Phi) is 6.56. The van der Waals surface area contributed by atoms with Crippen molar-refractivity contribution in [3.8, 4) is 0 Å². The van der Waals surface area contributed by atoms with Crippen molar-refractivity contribution in [2.75, 3.05) is 13.6 Å². The molecule has 0 spiro atoms. The number of benzene rings is 1. The molecule has 0 fully saturated rings. The van der Waals surface area contributed by atoms with Crippen molar-refractivity contribution < 1.29 is 4.79 Å². The Labute approximate surface area is 133 Å². The van der Waals surface area contributed by atoms with Crippen molar-refractivity contribution in [2.24, 2.45) is 11.7 Å². The van der Waals surface area contributed by atoms with Crippen LogP contribution in [0, 0.1) is 9.49 Å². The summed E-state index contributed by atoms with van der Waals surface area (Å²) in [6, 6.07) is 5.45. The van der Waals surface area contributed by atoms with Crippen molar-refractivity contribution in [1.29, 1.82) is 0 Å². The van der Waals surface area contributed by atoms with E-state index in [1.54, 1.807) is 24.1 Å². The summed E-state index contributed by atoms with van der Waals surface area (Å²) in [5.41, 5.74) is 6.65. The molecule has 1 aromatic rings. The van der Waals surface area contributed by atoms with E-state index in [0.29, 0.717) is 23.0 Å². The van der Waals surface area contributed by atoms with Crippen molar-refractivity contribution in [2.45, 2.75) is 26.3 Å².